The molecule has 2 aliphatic carbocycles. The number of nitrogens with one attached hydrogen (secondary N) is 2. The minimum atomic E-state index is -0.579. The van der Waals surface area contributed by atoms with Gasteiger partial charge < -0.3 is 15.0 Å². The van der Waals surface area contributed by atoms with Crippen LogP contribution in [0.15, 0.2) is 0 Å². The molecule has 190 valence electrons. The molecule has 5 rings (SSSR count). The SMILES string of the molecule is CC(C)(C)OC(=O)c1c(NC(=O)NCc2c(N3CCCC3)sc3c2CCCC3)sc2c1CCCC2. The van der Waals surface area contributed by atoms with Gasteiger partial charge in [0, 0.05) is 35.0 Å². The van der Waals surface area contributed by atoms with Crippen LogP contribution < -0.4 is 15.5 Å². The molecule has 1 saturated heterocycles. The van der Waals surface area contributed by atoms with Crippen LogP contribution >= 0.6 is 22.7 Å². The van der Waals surface area contributed by atoms with Gasteiger partial charge in [0.25, 0.3) is 0 Å². The van der Waals surface area contributed by atoms with Gasteiger partial charge in [-0.25, -0.2) is 9.59 Å². The van der Waals surface area contributed by atoms with E-state index in [2.05, 4.69) is 15.5 Å². The molecule has 0 bridgehead atoms. The Morgan fingerprint density at radius 1 is 0.886 bits per heavy atom. The third-order valence-electron chi connectivity index (χ3n) is 7.08. The van der Waals surface area contributed by atoms with Crippen LogP contribution in [0.5, 0.6) is 0 Å². The normalized spacial score (nSPS) is 17.6. The summed E-state index contributed by atoms with van der Waals surface area (Å²) in [6.45, 7) is 8.38. The highest BCUT2D eigenvalue weighted by atomic mass is 32.1. The van der Waals surface area contributed by atoms with Gasteiger partial charge in [-0.3, -0.25) is 5.32 Å². The molecule has 3 aliphatic rings. The number of amides is 2. The molecular formula is C27H37N3O3S2. The Labute approximate surface area is 216 Å². The number of nitrogens with zero attached hydrogens (tertiary/aromatic N) is 1. The Balaban J connectivity index is 1.34. The first-order chi connectivity index (χ1) is 16.8. The third kappa shape index (κ3) is 5.38. The van der Waals surface area contributed by atoms with E-state index in [1.165, 1.54) is 62.9 Å². The number of ether oxygens (including phenoxy) is 1. The molecule has 0 radical (unpaired) electrons. The Morgan fingerprint density at radius 2 is 1.51 bits per heavy atom. The van der Waals surface area contributed by atoms with E-state index >= 15 is 0 Å². The van der Waals surface area contributed by atoms with E-state index in [1.54, 1.807) is 0 Å². The average Bonchev–Trinajstić information content (AvgIpc) is 3.53. The molecule has 8 heteroatoms. The highest BCUT2D eigenvalue weighted by Gasteiger charge is 2.30. The number of hydrogen-bond donors (Lipinski definition) is 2. The lowest BCUT2D eigenvalue weighted by Gasteiger charge is -2.21. The summed E-state index contributed by atoms with van der Waals surface area (Å²) in [7, 11) is 0. The maximum atomic E-state index is 13.1. The monoisotopic (exact) mass is 515 g/mol. The Bertz CT molecular complexity index is 1110. The summed E-state index contributed by atoms with van der Waals surface area (Å²) in [5.74, 6) is -0.338. The third-order valence-corrected chi connectivity index (χ3v) is 9.68. The first kappa shape index (κ1) is 24.6. The Hall–Kier alpha value is -2.06. The Morgan fingerprint density at radius 3 is 2.20 bits per heavy atom. The summed E-state index contributed by atoms with van der Waals surface area (Å²) in [5.41, 5.74) is 3.81. The number of fused-ring (bicyclic) bond motifs is 2. The van der Waals surface area contributed by atoms with Gasteiger partial charge in [0.05, 0.1) is 10.6 Å². The number of esters is 1. The van der Waals surface area contributed by atoms with Crippen LogP contribution in [-0.4, -0.2) is 30.7 Å². The van der Waals surface area contributed by atoms with E-state index in [0.717, 1.165) is 57.2 Å². The minimum Gasteiger partial charge on any atom is -0.456 e. The standard InChI is InChI=1S/C27H37N3O3S2/c1-27(2,3)33-25(31)22-18-11-5-7-13-21(18)34-23(22)29-26(32)28-16-19-17-10-4-6-12-20(17)35-24(19)30-14-8-9-15-30/h4-16H2,1-3H3,(H2,28,29,32). The molecule has 0 saturated carbocycles. The molecule has 2 aromatic heterocycles. The fraction of sp³-hybridized carbons (Fsp3) is 0.630. The lowest BCUT2D eigenvalue weighted by Crippen LogP contribution is -2.30. The number of urea groups is 1. The van der Waals surface area contributed by atoms with Crippen LogP contribution in [0.4, 0.5) is 14.8 Å². The predicted molar refractivity (Wildman–Crippen MR) is 144 cm³/mol. The summed E-state index contributed by atoms with van der Waals surface area (Å²) in [5, 5.41) is 8.13. The van der Waals surface area contributed by atoms with Crippen LogP contribution in [0.3, 0.4) is 0 Å². The van der Waals surface area contributed by atoms with E-state index in [4.69, 9.17) is 4.74 Å². The van der Waals surface area contributed by atoms with Crippen molar-refractivity contribution in [2.24, 2.45) is 0 Å². The molecule has 6 nitrogen and oxygen atoms in total. The Kier molecular flexibility index (Phi) is 7.13. The van der Waals surface area contributed by atoms with Crippen molar-refractivity contribution in [1.82, 2.24) is 5.32 Å². The van der Waals surface area contributed by atoms with Gasteiger partial charge in [-0.15, -0.1) is 22.7 Å². The fourth-order valence-corrected chi connectivity index (χ4v) is 8.22. The van der Waals surface area contributed by atoms with Crippen molar-refractivity contribution in [2.75, 3.05) is 23.3 Å². The summed E-state index contributed by atoms with van der Waals surface area (Å²) >= 11 is 3.48. The van der Waals surface area contributed by atoms with Gasteiger partial charge in [-0.05, 0) is 96.1 Å². The molecule has 0 unspecified atom stereocenters. The van der Waals surface area contributed by atoms with Crippen LogP contribution in [0.25, 0.3) is 0 Å². The molecule has 1 aliphatic heterocycles. The molecule has 0 spiro atoms. The van der Waals surface area contributed by atoms with Crippen LogP contribution in [0.1, 0.15) is 96.1 Å². The zero-order chi connectivity index (χ0) is 24.6. The minimum absolute atomic E-state index is 0.253. The van der Waals surface area contributed by atoms with Gasteiger partial charge in [0.2, 0.25) is 0 Å². The van der Waals surface area contributed by atoms with Crippen LogP contribution in [-0.2, 0) is 37.0 Å². The highest BCUT2D eigenvalue weighted by molar-refractivity contribution is 7.17. The largest absolute Gasteiger partial charge is 0.456 e. The number of carbonyl (C=O) groups excluding carboxylic acids is 2. The fourth-order valence-electron chi connectivity index (χ4n) is 5.49. The van der Waals surface area contributed by atoms with Crippen molar-refractivity contribution in [3.8, 4) is 0 Å². The van der Waals surface area contributed by atoms with Crippen molar-refractivity contribution in [3.63, 3.8) is 0 Å². The van der Waals surface area contributed by atoms with Gasteiger partial charge in [-0.1, -0.05) is 0 Å². The van der Waals surface area contributed by atoms with Crippen molar-refractivity contribution in [2.45, 2.75) is 97.1 Å². The number of anilines is 2. The second-order valence-electron chi connectivity index (χ2n) is 10.9. The summed E-state index contributed by atoms with van der Waals surface area (Å²) in [6, 6.07) is -0.253. The maximum absolute atomic E-state index is 13.1. The highest BCUT2D eigenvalue weighted by Crippen LogP contribution is 2.42. The molecule has 2 N–H and O–H groups in total. The molecule has 0 aromatic carbocycles. The van der Waals surface area contributed by atoms with Crippen molar-refractivity contribution in [3.05, 3.63) is 32.0 Å². The summed E-state index contributed by atoms with van der Waals surface area (Å²) < 4.78 is 5.72. The zero-order valence-electron chi connectivity index (χ0n) is 21.2. The second-order valence-corrected chi connectivity index (χ2v) is 13.1. The van der Waals surface area contributed by atoms with Gasteiger partial charge in [-0.2, -0.15) is 0 Å². The van der Waals surface area contributed by atoms with Crippen molar-refractivity contribution in [1.29, 1.82) is 0 Å². The van der Waals surface area contributed by atoms with E-state index in [-0.39, 0.29) is 12.0 Å². The topological polar surface area (TPSA) is 70.7 Å². The number of thiophene rings is 2. The van der Waals surface area contributed by atoms with Gasteiger partial charge >= 0.3 is 12.0 Å². The zero-order valence-corrected chi connectivity index (χ0v) is 22.8. The van der Waals surface area contributed by atoms with E-state index in [9.17, 15) is 9.59 Å². The van der Waals surface area contributed by atoms with E-state index < -0.39 is 5.60 Å². The predicted octanol–water partition coefficient (Wildman–Crippen LogP) is 6.44. The summed E-state index contributed by atoms with van der Waals surface area (Å²) in [4.78, 5) is 31.4. The van der Waals surface area contributed by atoms with Gasteiger partial charge in [0.1, 0.15) is 10.6 Å². The molecule has 2 aromatic rings. The van der Waals surface area contributed by atoms with Crippen molar-refractivity contribution < 1.29 is 14.3 Å². The van der Waals surface area contributed by atoms with Crippen LogP contribution in [0, 0.1) is 0 Å². The molecule has 2 amide bonds. The van der Waals surface area contributed by atoms with E-state index in [1.807, 2.05) is 32.1 Å². The maximum Gasteiger partial charge on any atom is 0.341 e. The lowest BCUT2D eigenvalue weighted by atomic mass is 9.95. The number of carbonyl (C=O) groups is 2. The van der Waals surface area contributed by atoms with Crippen LogP contribution in [0.2, 0.25) is 0 Å². The van der Waals surface area contributed by atoms with E-state index in [0.29, 0.717) is 17.1 Å². The smallest absolute Gasteiger partial charge is 0.341 e. The lowest BCUT2D eigenvalue weighted by molar-refractivity contribution is 0.00699. The summed E-state index contributed by atoms with van der Waals surface area (Å²) in [6.07, 6.45) is 11.2. The van der Waals surface area contributed by atoms with Crippen molar-refractivity contribution >= 4 is 44.7 Å². The molecule has 35 heavy (non-hydrogen) atoms. The molecule has 1 fully saturated rings. The first-order valence-corrected chi connectivity index (χ1v) is 14.7. The quantitative estimate of drug-likeness (QED) is 0.449. The molecule has 0 atom stereocenters. The molecule has 3 heterocycles. The van der Waals surface area contributed by atoms with Gasteiger partial charge in [0.15, 0.2) is 0 Å². The number of aryl methyl sites for hydroxylation is 2. The second kappa shape index (κ2) is 10.1. The number of rotatable bonds is 5. The average molecular weight is 516 g/mol. The number of hydrogen-bond acceptors (Lipinski definition) is 6. The first-order valence-electron chi connectivity index (χ1n) is 13.1. The molecular weight excluding hydrogens is 478 g/mol.